The largest absolute Gasteiger partial charge is 0.369 e. The fourth-order valence-corrected chi connectivity index (χ4v) is 2.30. The Morgan fingerprint density at radius 3 is 2.65 bits per heavy atom. The van der Waals surface area contributed by atoms with E-state index in [2.05, 4.69) is 10.3 Å². The minimum absolute atomic E-state index is 0.0512. The highest BCUT2D eigenvalue weighted by Crippen LogP contribution is 2.10. The lowest BCUT2D eigenvalue weighted by atomic mass is 10.0. The van der Waals surface area contributed by atoms with Crippen molar-refractivity contribution in [1.82, 2.24) is 15.2 Å². The van der Waals surface area contributed by atoms with Crippen LogP contribution in [0.25, 0.3) is 0 Å². The fraction of sp³-hybridized carbons (Fsp3) is 0.462. The maximum absolute atomic E-state index is 12.0. The summed E-state index contributed by atoms with van der Waals surface area (Å²) in [6, 6.07) is 4.52. The van der Waals surface area contributed by atoms with E-state index in [0.29, 0.717) is 0 Å². The highest BCUT2D eigenvalue weighted by Gasteiger charge is 2.22. The number of nitrogens with one attached hydrogen (secondary N) is 2. The highest BCUT2D eigenvalue weighted by atomic mass is 16.2. The minimum atomic E-state index is -0.339. The molecule has 7 nitrogen and oxygen atoms in total. The van der Waals surface area contributed by atoms with Crippen LogP contribution in [0.15, 0.2) is 23.0 Å². The molecule has 1 aromatic heterocycles. The number of amides is 2. The van der Waals surface area contributed by atoms with Gasteiger partial charge in [-0.05, 0) is 18.9 Å². The van der Waals surface area contributed by atoms with Crippen LogP contribution in [0.5, 0.6) is 0 Å². The van der Waals surface area contributed by atoms with Gasteiger partial charge in [0.15, 0.2) is 0 Å². The fourth-order valence-electron chi connectivity index (χ4n) is 2.30. The van der Waals surface area contributed by atoms with Crippen LogP contribution in [0, 0.1) is 0 Å². The highest BCUT2D eigenvalue weighted by molar-refractivity contribution is 5.92. The van der Waals surface area contributed by atoms with Crippen LogP contribution >= 0.6 is 0 Å². The average molecular weight is 278 g/mol. The first-order chi connectivity index (χ1) is 9.54. The number of nitrogens with zero attached hydrogens (tertiary/aromatic N) is 1. The Balaban J connectivity index is 1.85. The van der Waals surface area contributed by atoms with E-state index in [1.807, 2.05) is 4.90 Å². The first-order valence-corrected chi connectivity index (χ1v) is 6.55. The third-order valence-corrected chi connectivity index (χ3v) is 3.32. The van der Waals surface area contributed by atoms with Crippen LogP contribution in [-0.2, 0) is 4.79 Å². The van der Waals surface area contributed by atoms with E-state index in [-0.39, 0.29) is 35.7 Å². The van der Waals surface area contributed by atoms with Crippen molar-refractivity contribution in [2.24, 2.45) is 5.73 Å². The SMILES string of the molecule is NC(=O)CN1CCC(NC(=O)c2cccc(=O)[nH]2)CC1. The van der Waals surface area contributed by atoms with Crippen molar-refractivity contribution < 1.29 is 9.59 Å². The van der Waals surface area contributed by atoms with E-state index < -0.39 is 0 Å². The van der Waals surface area contributed by atoms with Crippen LogP contribution in [0.2, 0.25) is 0 Å². The third kappa shape index (κ3) is 3.92. The molecule has 0 saturated carbocycles. The third-order valence-electron chi connectivity index (χ3n) is 3.32. The van der Waals surface area contributed by atoms with Crippen LogP contribution in [-0.4, -0.2) is 47.4 Å². The van der Waals surface area contributed by atoms with E-state index in [9.17, 15) is 14.4 Å². The Bertz CT molecular complexity index is 547. The lowest BCUT2D eigenvalue weighted by molar-refractivity contribution is -0.119. The number of carbonyl (C=O) groups is 2. The summed E-state index contributed by atoms with van der Waals surface area (Å²) in [6.07, 6.45) is 1.52. The first-order valence-electron chi connectivity index (χ1n) is 6.55. The Morgan fingerprint density at radius 2 is 2.05 bits per heavy atom. The maximum atomic E-state index is 12.0. The number of carbonyl (C=O) groups excluding carboxylic acids is 2. The van der Waals surface area contributed by atoms with Gasteiger partial charge in [0.1, 0.15) is 5.69 Å². The number of rotatable bonds is 4. The maximum Gasteiger partial charge on any atom is 0.268 e. The number of primary amides is 1. The van der Waals surface area contributed by atoms with Gasteiger partial charge in [-0.3, -0.25) is 19.3 Å². The lowest BCUT2D eigenvalue weighted by Crippen LogP contribution is -2.47. The summed E-state index contributed by atoms with van der Waals surface area (Å²) < 4.78 is 0. The molecule has 0 aliphatic carbocycles. The van der Waals surface area contributed by atoms with Gasteiger partial charge in [0.25, 0.3) is 5.91 Å². The number of H-pyrrole nitrogens is 1. The topological polar surface area (TPSA) is 108 Å². The number of nitrogens with two attached hydrogens (primary N) is 1. The minimum Gasteiger partial charge on any atom is -0.369 e. The molecular weight excluding hydrogens is 260 g/mol. The summed E-state index contributed by atoms with van der Waals surface area (Å²) in [5.41, 5.74) is 5.11. The van der Waals surface area contributed by atoms with Crippen LogP contribution in [0.4, 0.5) is 0 Å². The summed E-state index contributed by atoms with van der Waals surface area (Å²) >= 11 is 0. The van der Waals surface area contributed by atoms with Crippen molar-refractivity contribution in [1.29, 1.82) is 0 Å². The molecule has 0 aromatic carbocycles. The molecule has 7 heteroatoms. The van der Waals surface area contributed by atoms with Gasteiger partial charge in [0.2, 0.25) is 11.5 Å². The quantitative estimate of drug-likeness (QED) is 0.660. The van der Waals surface area contributed by atoms with Gasteiger partial charge in [-0.15, -0.1) is 0 Å². The Hall–Kier alpha value is -2.15. The van der Waals surface area contributed by atoms with Crippen LogP contribution in [0.3, 0.4) is 0 Å². The number of aromatic amines is 1. The molecule has 4 N–H and O–H groups in total. The molecule has 1 aromatic rings. The Kier molecular flexibility index (Phi) is 4.52. The van der Waals surface area contributed by atoms with E-state index >= 15 is 0 Å². The number of hydrogen-bond acceptors (Lipinski definition) is 4. The monoisotopic (exact) mass is 278 g/mol. The summed E-state index contributed by atoms with van der Waals surface area (Å²) in [5, 5.41) is 2.88. The van der Waals surface area contributed by atoms with Gasteiger partial charge in [0, 0.05) is 25.2 Å². The van der Waals surface area contributed by atoms with Crippen LogP contribution < -0.4 is 16.6 Å². The van der Waals surface area contributed by atoms with Crippen molar-refractivity contribution in [2.45, 2.75) is 18.9 Å². The van der Waals surface area contributed by atoms with Crippen molar-refractivity contribution in [2.75, 3.05) is 19.6 Å². The van der Waals surface area contributed by atoms with Crippen molar-refractivity contribution in [3.05, 3.63) is 34.2 Å². The van der Waals surface area contributed by atoms with Gasteiger partial charge in [0.05, 0.1) is 6.54 Å². The average Bonchev–Trinajstić information content (AvgIpc) is 2.40. The summed E-state index contributed by atoms with van der Waals surface area (Å²) in [4.78, 5) is 38.4. The molecule has 0 atom stereocenters. The molecule has 20 heavy (non-hydrogen) atoms. The number of hydrogen-bond donors (Lipinski definition) is 3. The molecule has 0 radical (unpaired) electrons. The van der Waals surface area contributed by atoms with Crippen molar-refractivity contribution >= 4 is 11.8 Å². The number of aromatic nitrogens is 1. The van der Waals surface area contributed by atoms with Gasteiger partial charge in [-0.25, -0.2) is 0 Å². The summed E-state index contributed by atoms with van der Waals surface area (Å²) in [7, 11) is 0. The predicted molar refractivity (Wildman–Crippen MR) is 73.2 cm³/mol. The van der Waals surface area contributed by atoms with Gasteiger partial charge in [-0.1, -0.05) is 6.07 Å². The van der Waals surface area contributed by atoms with E-state index in [1.165, 1.54) is 6.07 Å². The number of likely N-dealkylation sites (tertiary alicyclic amines) is 1. The molecule has 1 fully saturated rings. The molecule has 108 valence electrons. The summed E-state index contributed by atoms with van der Waals surface area (Å²) in [6.45, 7) is 1.70. The Labute approximate surface area is 116 Å². The van der Waals surface area contributed by atoms with Gasteiger partial charge >= 0.3 is 0 Å². The van der Waals surface area contributed by atoms with E-state index in [1.54, 1.807) is 12.1 Å². The lowest BCUT2D eigenvalue weighted by Gasteiger charge is -2.31. The zero-order chi connectivity index (χ0) is 14.5. The molecule has 1 aliphatic heterocycles. The molecule has 1 saturated heterocycles. The predicted octanol–water partition coefficient (Wildman–Crippen LogP) is -0.946. The smallest absolute Gasteiger partial charge is 0.268 e. The molecule has 0 bridgehead atoms. The van der Waals surface area contributed by atoms with Crippen molar-refractivity contribution in [3.8, 4) is 0 Å². The second-order valence-electron chi connectivity index (χ2n) is 4.92. The van der Waals surface area contributed by atoms with E-state index in [0.717, 1.165) is 25.9 Å². The number of pyridine rings is 1. The second-order valence-corrected chi connectivity index (χ2v) is 4.92. The molecule has 2 rings (SSSR count). The zero-order valence-electron chi connectivity index (χ0n) is 11.1. The standard InChI is InChI=1S/C13H18N4O3/c14-11(18)8-17-6-4-9(5-7-17)15-13(20)10-2-1-3-12(19)16-10/h1-3,9H,4-8H2,(H2,14,18)(H,15,20)(H,16,19). The molecular formula is C13H18N4O3. The summed E-state index contributed by atoms with van der Waals surface area (Å²) in [5.74, 6) is -0.620. The Morgan fingerprint density at radius 1 is 1.35 bits per heavy atom. The normalized spacial score (nSPS) is 16.8. The van der Waals surface area contributed by atoms with E-state index in [4.69, 9.17) is 5.73 Å². The van der Waals surface area contributed by atoms with Crippen LogP contribution in [0.1, 0.15) is 23.3 Å². The molecule has 0 spiro atoms. The zero-order valence-corrected chi connectivity index (χ0v) is 11.1. The molecule has 1 aliphatic rings. The second kappa shape index (κ2) is 6.33. The molecule has 0 unspecified atom stereocenters. The number of piperidine rings is 1. The molecule has 2 amide bonds. The van der Waals surface area contributed by atoms with Gasteiger partial charge in [-0.2, -0.15) is 0 Å². The van der Waals surface area contributed by atoms with Gasteiger partial charge < -0.3 is 16.0 Å². The molecule has 2 heterocycles. The van der Waals surface area contributed by atoms with Crippen molar-refractivity contribution in [3.63, 3.8) is 0 Å². The first kappa shape index (κ1) is 14.3.